The van der Waals surface area contributed by atoms with E-state index in [1.807, 2.05) is 24.3 Å². The van der Waals surface area contributed by atoms with Crippen LogP contribution in [-0.2, 0) is 4.12 Å². The van der Waals surface area contributed by atoms with Crippen LogP contribution in [0.25, 0.3) is 22.2 Å². The molecule has 4 rings (SSSR count). The zero-order valence-electron chi connectivity index (χ0n) is 13.6. The third kappa shape index (κ3) is 2.30. The Hall–Kier alpha value is -1.41. The van der Waals surface area contributed by atoms with Crippen molar-refractivity contribution in [3.8, 4) is 11.3 Å². The second-order valence-corrected chi connectivity index (χ2v) is 15.4. The number of benzene rings is 2. The van der Waals surface area contributed by atoms with Crippen LogP contribution in [0.2, 0.25) is 31.2 Å². The van der Waals surface area contributed by atoms with E-state index >= 15 is 0 Å². The summed E-state index contributed by atoms with van der Waals surface area (Å²) < 4.78 is 12.1. The Bertz CT molecular complexity index is 916. The standard InChI is InChI=1S/C17H18ClNO2Si2/c1-22(2)15-9-13-14(10-16(15)23(3,4)21-22)20-19-17(13)11-5-7-12(18)8-6-11/h5-10H,1-4H3. The van der Waals surface area contributed by atoms with Gasteiger partial charge in [0.2, 0.25) is 16.6 Å². The van der Waals surface area contributed by atoms with Gasteiger partial charge in [0.15, 0.2) is 5.58 Å². The molecular weight excluding hydrogens is 342 g/mol. The van der Waals surface area contributed by atoms with Gasteiger partial charge in [-0.1, -0.05) is 28.9 Å². The van der Waals surface area contributed by atoms with Gasteiger partial charge in [0.1, 0.15) is 5.69 Å². The molecule has 0 radical (unpaired) electrons. The Morgan fingerprint density at radius 3 is 2.17 bits per heavy atom. The molecule has 3 nitrogen and oxygen atoms in total. The highest BCUT2D eigenvalue weighted by Crippen LogP contribution is 2.31. The molecule has 0 N–H and O–H groups in total. The van der Waals surface area contributed by atoms with Crippen LogP contribution in [-0.4, -0.2) is 21.8 Å². The maximum atomic E-state index is 6.51. The van der Waals surface area contributed by atoms with Crippen molar-refractivity contribution < 1.29 is 8.64 Å². The number of hydrogen-bond donors (Lipinski definition) is 0. The molecule has 3 aromatic rings. The Morgan fingerprint density at radius 1 is 0.913 bits per heavy atom. The summed E-state index contributed by atoms with van der Waals surface area (Å²) in [6.45, 7) is 9.07. The molecule has 0 amide bonds. The molecule has 1 aliphatic heterocycles. The van der Waals surface area contributed by atoms with E-state index in [4.69, 9.17) is 20.2 Å². The Balaban J connectivity index is 1.96. The average molecular weight is 360 g/mol. The zero-order chi connectivity index (χ0) is 16.4. The van der Waals surface area contributed by atoms with Crippen molar-refractivity contribution >= 4 is 49.6 Å². The van der Waals surface area contributed by atoms with E-state index in [-0.39, 0.29) is 0 Å². The lowest BCUT2D eigenvalue weighted by atomic mass is 10.1. The number of rotatable bonds is 1. The van der Waals surface area contributed by atoms with Crippen molar-refractivity contribution in [3.05, 3.63) is 41.4 Å². The van der Waals surface area contributed by atoms with E-state index in [0.717, 1.165) is 27.2 Å². The van der Waals surface area contributed by atoms with Gasteiger partial charge in [0.05, 0.1) is 0 Å². The van der Waals surface area contributed by atoms with E-state index in [2.05, 4.69) is 43.5 Å². The molecule has 0 saturated carbocycles. The first kappa shape index (κ1) is 15.1. The van der Waals surface area contributed by atoms with Crippen molar-refractivity contribution in [1.29, 1.82) is 0 Å². The minimum absolute atomic E-state index is 0.720. The SMILES string of the molecule is C[Si]1(C)O[Si](C)(C)c2cc3c(-c4ccc(Cl)cc4)noc3cc21. The van der Waals surface area contributed by atoms with Gasteiger partial charge in [-0.25, -0.2) is 0 Å². The fourth-order valence-corrected chi connectivity index (χ4v) is 13.9. The predicted molar refractivity (Wildman–Crippen MR) is 99.8 cm³/mol. The van der Waals surface area contributed by atoms with E-state index in [0.29, 0.717) is 0 Å². The molecule has 0 atom stereocenters. The fraction of sp³-hybridized carbons (Fsp3) is 0.235. The summed E-state index contributed by atoms with van der Waals surface area (Å²) in [5, 5.41) is 8.83. The van der Waals surface area contributed by atoms with Crippen molar-refractivity contribution in [3.63, 3.8) is 0 Å². The summed E-state index contributed by atoms with van der Waals surface area (Å²) in [6.07, 6.45) is 0. The van der Waals surface area contributed by atoms with Crippen LogP contribution in [0.3, 0.4) is 0 Å². The van der Waals surface area contributed by atoms with Crippen LogP contribution < -0.4 is 10.4 Å². The van der Waals surface area contributed by atoms with Crippen molar-refractivity contribution in [2.45, 2.75) is 26.2 Å². The molecule has 23 heavy (non-hydrogen) atoms. The Kier molecular flexibility index (Phi) is 3.16. The smallest absolute Gasteiger partial charge is 0.206 e. The van der Waals surface area contributed by atoms with Crippen LogP contribution in [0.4, 0.5) is 0 Å². The van der Waals surface area contributed by atoms with E-state index < -0.39 is 16.6 Å². The Morgan fingerprint density at radius 2 is 1.52 bits per heavy atom. The van der Waals surface area contributed by atoms with Gasteiger partial charge >= 0.3 is 0 Å². The molecule has 0 unspecified atom stereocenters. The summed E-state index contributed by atoms with van der Waals surface area (Å²) in [4.78, 5) is 0. The molecule has 118 valence electrons. The van der Waals surface area contributed by atoms with Gasteiger partial charge in [-0.3, -0.25) is 0 Å². The molecule has 0 aliphatic carbocycles. The third-order valence-electron chi connectivity index (χ3n) is 4.54. The molecular formula is C17H18ClNO2Si2. The maximum absolute atomic E-state index is 6.51. The van der Waals surface area contributed by atoms with Gasteiger partial charge in [-0.2, -0.15) is 0 Å². The van der Waals surface area contributed by atoms with Gasteiger partial charge in [-0.05, 0) is 60.8 Å². The highest BCUT2D eigenvalue weighted by Gasteiger charge is 2.46. The predicted octanol–water partition coefficient (Wildman–Crippen LogP) is 4.00. The quantitative estimate of drug-likeness (QED) is 0.616. The second kappa shape index (κ2) is 4.80. The second-order valence-electron chi connectivity index (χ2n) is 7.05. The normalized spacial score (nSPS) is 18.3. The molecule has 1 aromatic heterocycles. The summed E-state index contributed by atoms with van der Waals surface area (Å²) >= 11 is 5.99. The lowest BCUT2D eigenvalue weighted by Gasteiger charge is -2.22. The topological polar surface area (TPSA) is 35.3 Å². The monoisotopic (exact) mass is 359 g/mol. The zero-order valence-corrected chi connectivity index (χ0v) is 16.4. The highest BCUT2D eigenvalue weighted by atomic mass is 35.5. The molecule has 0 bridgehead atoms. The largest absolute Gasteiger partial charge is 0.449 e. The lowest BCUT2D eigenvalue weighted by Crippen LogP contribution is -2.43. The summed E-state index contributed by atoms with van der Waals surface area (Å²) in [5.74, 6) is 0. The van der Waals surface area contributed by atoms with Gasteiger partial charge in [-0.15, -0.1) is 0 Å². The minimum atomic E-state index is -1.85. The number of hydrogen-bond acceptors (Lipinski definition) is 3. The first-order valence-electron chi connectivity index (χ1n) is 7.68. The van der Waals surface area contributed by atoms with Crippen molar-refractivity contribution in [2.75, 3.05) is 0 Å². The van der Waals surface area contributed by atoms with E-state index in [1.54, 1.807) is 0 Å². The molecule has 6 heteroatoms. The minimum Gasteiger partial charge on any atom is -0.449 e. The molecule has 2 heterocycles. The number of fused-ring (bicyclic) bond motifs is 2. The van der Waals surface area contributed by atoms with Crippen molar-refractivity contribution in [2.24, 2.45) is 0 Å². The third-order valence-corrected chi connectivity index (χ3v) is 12.5. The molecule has 1 aliphatic rings. The van der Waals surface area contributed by atoms with Gasteiger partial charge < -0.3 is 8.64 Å². The number of nitrogens with zero attached hydrogens (tertiary/aromatic N) is 1. The van der Waals surface area contributed by atoms with Crippen molar-refractivity contribution in [1.82, 2.24) is 5.16 Å². The fourth-order valence-electron chi connectivity index (χ4n) is 3.54. The van der Waals surface area contributed by atoms with Gasteiger partial charge in [0.25, 0.3) is 0 Å². The average Bonchev–Trinajstić information content (AvgIpc) is 2.95. The summed E-state index contributed by atoms with van der Waals surface area (Å²) in [5.41, 5.74) is 2.73. The first-order valence-corrected chi connectivity index (χ1v) is 13.9. The highest BCUT2D eigenvalue weighted by molar-refractivity contribution is 7.06. The van der Waals surface area contributed by atoms with Crippen LogP contribution >= 0.6 is 11.6 Å². The van der Waals surface area contributed by atoms with Crippen LogP contribution in [0, 0.1) is 0 Å². The lowest BCUT2D eigenvalue weighted by molar-refractivity contribution is 0.459. The maximum Gasteiger partial charge on any atom is 0.206 e. The van der Waals surface area contributed by atoms with E-state index in [1.165, 1.54) is 10.4 Å². The number of halogens is 1. The van der Waals surface area contributed by atoms with Crippen LogP contribution in [0.5, 0.6) is 0 Å². The Labute approximate surface area is 142 Å². The molecule has 0 saturated heterocycles. The van der Waals surface area contributed by atoms with Gasteiger partial charge in [0, 0.05) is 16.0 Å². The summed E-state index contributed by atoms with van der Waals surface area (Å²) in [6, 6.07) is 12.1. The molecule has 0 fully saturated rings. The molecule has 2 aromatic carbocycles. The van der Waals surface area contributed by atoms with Crippen LogP contribution in [0.1, 0.15) is 0 Å². The first-order chi connectivity index (χ1) is 10.8. The van der Waals surface area contributed by atoms with Crippen LogP contribution in [0.15, 0.2) is 40.9 Å². The number of aromatic nitrogens is 1. The molecule has 0 spiro atoms. The summed E-state index contributed by atoms with van der Waals surface area (Å²) in [7, 11) is -3.68. The van der Waals surface area contributed by atoms with E-state index in [9.17, 15) is 0 Å².